The Labute approximate surface area is 150 Å². The molecule has 1 aliphatic heterocycles. The van der Waals surface area contributed by atoms with E-state index < -0.39 is 16.6 Å². The van der Waals surface area contributed by atoms with Gasteiger partial charge in [-0.15, -0.1) is 5.10 Å². The highest BCUT2D eigenvalue weighted by molar-refractivity contribution is 5.93. The first-order valence-corrected chi connectivity index (χ1v) is 8.37. The Kier molecular flexibility index (Phi) is 4.62. The molecule has 3 rings (SSSR count). The number of hydrogen-bond donors (Lipinski definition) is 1. The number of nitrogens with one attached hydrogen (secondary N) is 1. The molecule has 0 spiro atoms. The number of fused-ring (bicyclic) bond motifs is 1. The van der Waals surface area contributed by atoms with Gasteiger partial charge in [-0.25, -0.2) is 4.79 Å². The average molecular weight is 359 g/mol. The van der Waals surface area contributed by atoms with E-state index >= 15 is 0 Å². The van der Waals surface area contributed by atoms with Crippen molar-refractivity contribution in [2.24, 2.45) is 0 Å². The maximum atomic E-state index is 11.9. The Balaban J connectivity index is 1.74. The molecule has 138 valence electrons. The molecule has 2 aromatic rings. The number of hydrogen-bond acceptors (Lipinski definition) is 7. The van der Waals surface area contributed by atoms with Crippen molar-refractivity contribution in [2.75, 3.05) is 18.0 Å². The minimum absolute atomic E-state index is 0.0161. The lowest BCUT2D eigenvalue weighted by Gasteiger charge is -2.22. The summed E-state index contributed by atoms with van der Waals surface area (Å²) in [6.45, 7) is 6.73. The van der Waals surface area contributed by atoms with Crippen LogP contribution in [-0.2, 0) is 4.74 Å². The first-order chi connectivity index (χ1) is 12.2. The van der Waals surface area contributed by atoms with E-state index in [1.807, 2.05) is 25.7 Å². The van der Waals surface area contributed by atoms with Crippen LogP contribution in [0.4, 0.5) is 16.3 Å². The normalized spacial score (nSPS) is 17.3. The van der Waals surface area contributed by atoms with Gasteiger partial charge in [-0.1, -0.05) is 0 Å². The zero-order valence-corrected chi connectivity index (χ0v) is 14.9. The number of nitro benzene ring substituents is 1. The van der Waals surface area contributed by atoms with Gasteiger partial charge in [0.1, 0.15) is 5.60 Å². The van der Waals surface area contributed by atoms with Gasteiger partial charge in [0.2, 0.25) is 0 Å². The highest BCUT2D eigenvalue weighted by atomic mass is 16.6. The second-order valence-corrected chi connectivity index (χ2v) is 7.27. The lowest BCUT2D eigenvalue weighted by molar-refractivity contribution is -0.384. The summed E-state index contributed by atoms with van der Waals surface area (Å²) < 4.78 is 5.29. The van der Waals surface area contributed by atoms with Gasteiger partial charge in [0.25, 0.3) is 5.69 Å². The van der Waals surface area contributed by atoms with Crippen LogP contribution in [0.25, 0.3) is 10.8 Å². The Hall–Kier alpha value is -2.97. The third-order valence-corrected chi connectivity index (χ3v) is 4.04. The summed E-state index contributed by atoms with van der Waals surface area (Å²) in [6, 6.07) is 4.58. The zero-order valence-electron chi connectivity index (χ0n) is 14.9. The van der Waals surface area contributed by atoms with Gasteiger partial charge >= 0.3 is 6.09 Å². The number of ether oxygens (including phenoxy) is 1. The number of carbonyl (C=O) groups is 1. The van der Waals surface area contributed by atoms with Gasteiger partial charge in [0.15, 0.2) is 5.82 Å². The molecule has 1 atom stereocenters. The van der Waals surface area contributed by atoms with E-state index in [9.17, 15) is 14.9 Å². The molecule has 1 saturated heterocycles. The summed E-state index contributed by atoms with van der Waals surface area (Å²) in [5.74, 6) is 0.658. The fourth-order valence-electron chi connectivity index (χ4n) is 2.95. The number of non-ortho nitro benzene ring substituents is 1. The standard InChI is InChI=1S/C17H21N5O4/c1-17(2,3)26-16(23)19-12-6-7-21(10-12)15-14-5-4-13(22(24)25)8-11(14)9-18-20-15/h4-5,8-9,12H,6-7,10H2,1-3H3,(H,19,23)/t12-/m1/s1. The fraction of sp³-hybridized carbons (Fsp3) is 0.471. The van der Waals surface area contributed by atoms with E-state index in [2.05, 4.69) is 15.5 Å². The number of amides is 1. The topological polar surface area (TPSA) is 110 Å². The van der Waals surface area contributed by atoms with Gasteiger partial charge in [-0.3, -0.25) is 10.1 Å². The van der Waals surface area contributed by atoms with Crippen molar-refractivity contribution in [3.63, 3.8) is 0 Å². The van der Waals surface area contributed by atoms with Crippen molar-refractivity contribution in [2.45, 2.75) is 38.8 Å². The number of anilines is 1. The number of rotatable bonds is 3. The molecule has 1 N–H and O–H groups in total. The minimum atomic E-state index is -0.543. The van der Waals surface area contributed by atoms with Crippen molar-refractivity contribution >= 4 is 28.4 Å². The van der Waals surface area contributed by atoms with E-state index in [4.69, 9.17) is 4.74 Å². The van der Waals surface area contributed by atoms with Crippen LogP contribution < -0.4 is 10.2 Å². The van der Waals surface area contributed by atoms with E-state index in [1.54, 1.807) is 6.07 Å². The first kappa shape index (κ1) is 17.8. The van der Waals surface area contributed by atoms with Gasteiger partial charge < -0.3 is 15.0 Å². The summed E-state index contributed by atoms with van der Waals surface area (Å²) in [6.07, 6.45) is 1.83. The second kappa shape index (κ2) is 6.74. The second-order valence-electron chi connectivity index (χ2n) is 7.27. The molecule has 0 saturated carbocycles. The maximum absolute atomic E-state index is 11.9. The average Bonchev–Trinajstić information content (AvgIpc) is 2.99. The molecule has 0 aliphatic carbocycles. The largest absolute Gasteiger partial charge is 0.444 e. The van der Waals surface area contributed by atoms with Crippen LogP contribution in [0.15, 0.2) is 24.4 Å². The molecule has 0 unspecified atom stereocenters. The van der Waals surface area contributed by atoms with Crippen LogP contribution in [0.3, 0.4) is 0 Å². The van der Waals surface area contributed by atoms with Crippen LogP contribution in [0, 0.1) is 10.1 Å². The number of nitro groups is 1. The van der Waals surface area contributed by atoms with Gasteiger partial charge in [0, 0.05) is 36.0 Å². The van der Waals surface area contributed by atoms with Crippen molar-refractivity contribution in [3.05, 3.63) is 34.5 Å². The van der Waals surface area contributed by atoms with Gasteiger partial charge in [-0.2, -0.15) is 5.10 Å². The first-order valence-electron chi connectivity index (χ1n) is 8.37. The van der Waals surface area contributed by atoms with Crippen molar-refractivity contribution in [1.29, 1.82) is 0 Å². The van der Waals surface area contributed by atoms with Gasteiger partial charge in [0.05, 0.1) is 17.2 Å². The molecule has 1 fully saturated rings. The lowest BCUT2D eigenvalue weighted by Crippen LogP contribution is -2.40. The Morgan fingerprint density at radius 1 is 1.42 bits per heavy atom. The van der Waals surface area contributed by atoms with Crippen molar-refractivity contribution in [1.82, 2.24) is 15.5 Å². The molecule has 1 amide bonds. The summed E-state index contributed by atoms with van der Waals surface area (Å²) in [5.41, 5.74) is -0.527. The van der Waals surface area contributed by atoms with Crippen LogP contribution in [0.5, 0.6) is 0 Å². The molecule has 1 aromatic carbocycles. The number of carbonyl (C=O) groups excluding carboxylic acids is 1. The molecule has 26 heavy (non-hydrogen) atoms. The number of alkyl carbamates (subject to hydrolysis) is 1. The highest BCUT2D eigenvalue weighted by Crippen LogP contribution is 2.29. The molecule has 9 nitrogen and oxygen atoms in total. The number of benzene rings is 1. The molecule has 0 bridgehead atoms. The third kappa shape index (κ3) is 3.98. The predicted octanol–water partition coefficient (Wildman–Crippen LogP) is 2.64. The van der Waals surface area contributed by atoms with Crippen LogP contribution >= 0.6 is 0 Å². The third-order valence-electron chi connectivity index (χ3n) is 4.04. The number of aromatic nitrogens is 2. The Morgan fingerprint density at radius 3 is 2.88 bits per heavy atom. The zero-order chi connectivity index (χ0) is 18.9. The molecule has 9 heteroatoms. The monoisotopic (exact) mass is 359 g/mol. The van der Waals surface area contributed by atoms with Crippen LogP contribution in [0.1, 0.15) is 27.2 Å². The minimum Gasteiger partial charge on any atom is -0.444 e. The fourth-order valence-corrected chi connectivity index (χ4v) is 2.95. The summed E-state index contributed by atoms with van der Waals surface area (Å²) in [7, 11) is 0. The van der Waals surface area contributed by atoms with E-state index in [0.29, 0.717) is 24.3 Å². The molecule has 0 radical (unpaired) electrons. The predicted molar refractivity (Wildman–Crippen MR) is 96.2 cm³/mol. The van der Waals surface area contributed by atoms with Gasteiger partial charge in [-0.05, 0) is 33.3 Å². The van der Waals surface area contributed by atoms with Crippen LogP contribution in [0.2, 0.25) is 0 Å². The Bertz CT molecular complexity index is 849. The van der Waals surface area contributed by atoms with Crippen molar-refractivity contribution < 1.29 is 14.5 Å². The smallest absolute Gasteiger partial charge is 0.407 e. The van der Waals surface area contributed by atoms with Crippen molar-refractivity contribution in [3.8, 4) is 0 Å². The number of nitrogens with zero attached hydrogens (tertiary/aromatic N) is 4. The maximum Gasteiger partial charge on any atom is 0.407 e. The SMILES string of the molecule is CC(C)(C)OC(=O)N[C@@H]1CCN(c2nncc3cc([N+](=O)[O-])ccc23)C1. The summed E-state index contributed by atoms with van der Waals surface area (Å²) in [5, 5.41) is 23.4. The van der Waals surface area contributed by atoms with E-state index in [1.165, 1.54) is 18.3 Å². The highest BCUT2D eigenvalue weighted by Gasteiger charge is 2.28. The molecule has 1 aliphatic rings. The van der Waals surface area contributed by atoms with E-state index in [-0.39, 0.29) is 11.7 Å². The molecular formula is C17H21N5O4. The summed E-state index contributed by atoms with van der Waals surface area (Å²) >= 11 is 0. The molecule has 1 aromatic heterocycles. The summed E-state index contributed by atoms with van der Waals surface area (Å²) in [4.78, 5) is 24.4. The molecular weight excluding hydrogens is 338 g/mol. The molecule has 2 heterocycles. The van der Waals surface area contributed by atoms with E-state index in [0.717, 1.165) is 11.8 Å². The quantitative estimate of drug-likeness (QED) is 0.662. The Morgan fingerprint density at radius 2 is 2.19 bits per heavy atom. The lowest BCUT2D eigenvalue weighted by atomic mass is 10.1. The van der Waals surface area contributed by atoms with Crippen LogP contribution in [-0.4, -0.2) is 45.9 Å².